The van der Waals surface area contributed by atoms with Crippen LogP contribution >= 0.6 is 9.47 Å². The zero-order valence-electron chi connectivity index (χ0n) is 6.05. The van der Waals surface area contributed by atoms with E-state index in [0.717, 1.165) is 0 Å². The number of aliphatic hydroxyl groups is 3. The molecule has 0 aromatic carbocycles. The van der Waals surface area contributed by atoms with Crippen molar-refractivity contribution in [2.24, 2.45) is 5.92 Å². The second kappa shape index (κ2) is 3.78. The van der Waals surface area contributed by atoms with Crippen LogP contribution < -0.4 is 0 Å². The summed E-state index contributed by atoms with van der Waals surface area (Å²) in [4.78, 5) is 0. The van der Waals surface area contributed by atoms with Crippen LogP contribution in [-0.4, -0.2) is 40.2 Å². The van der Waals surface area contributed by atoms with E-state index in [1.54, 1.807) is 0 Å². The fourth-order valence-corrected chi connectivity index (χ4v) is 1.67. The van der Waals surface area contributed by atoms with Gasteiger partial charge >= 0.3 is 0 Å². The Hall–Kier alpha value is 0.270. The SMILES string of the molecule is OC[C@H]1C[C@H](OP)C(O)C1O. The molecular formula is C6H13O4P. The summed E-state index contributed by atoms with van der Waals surface area (Å²) in [5.74, 6) is -0.254. The van der Waals surface area contributed by atoms with E-state index in [4.69, 9.17) is 9.63 Å². The average molecular weight is 180 g/mol. The lowest BCUT2D eigenvalue weighted by Crippen LogP contribution is -2.31. The highest BCUT2D eigenvalue weighted by Crippen LogP contribution is 2.29. The summed E-state index contributed by atoms with van der Waals surface area (Å²) in [5.41, 5.74) is 0. The molecule has 0 aromatic heterocycles. The molecular weight excluding hydrogens is 167 g/mol. The van der Waals surface area contributed by atoms with Gasteiger partial charge in [-0.25, -0.2) is 0 Å². The molecule has 3 N–H and O–H groups in total. The minimum absolute atomic E-state index is 0.108. The highest BCUT2D eigenvalue weighted by molar-refractivity contribution is 7.09. The van der Waals surface area contributed by atoms with Crippen LogP contribution in [0.25, 0.3) is 0 Å². The first-order valence-corrected chi connectivity index (χ1v) is 4.00. The monoisotopic (exact) mass is 180 g/mol. The maximum atomic E-state index is 9.26. The first-order chi connectivity index (χ1) is 5.20. The predicted molar refractivity (Wildman–Crippen MR) is 41.8 cm³/mol. The minimum Gasteiger partial charge on any atom is -0.396 e. The predicted octanol–water partition coefficient (Wildman–Crippen LogP) is -1.10. The standard InChI is InChI=1S/C6H13O4P/c7-2-3-1-4(10-11)6(9)5(3)8/h3-9H,1-2,11H2/t3-,4+,5?,6?/m1/s1. The number of hydrogen-bond acceptors (Lipinski definition) is 4. The lowest BCUT2D eigenvalue weighted by molar-refractivity contribution is -0.0198. The molecule has 1 aliphatic carbocycles. The molecule has 11 heavy (non-hydrogen) atoms. The highest BCUT2D eigenvalue weighted by Gasteiger charge is 2.41. The second-order valence-electron chi connectivity index (χ2n) is 2.83. The van der Waals surface area contributed by atoms with E-state index >= 15 is 0 Å². The molecule has 66 valence electrons. The Balaban J connectivity index is 2.53. The van der Waals surface area contributed by atoms with Crippen LogP contribution in [0.1, 0.15) is 6.42 Å². The lowest BCUT2D eigenvalue weighted by Gasteiger charge is -2.14. The highest BCUT2D eigenvalue weighted by atomic mass is 31.0. The zero-order valence-corrected chi connectivity index (χ0v) is 7.21. The van der Waals surface area contributed by atoms with Gasteiger partial charge in [-0.2, -0.15) is 0 Å². The fourth-order valence-electron chi connectivity index (χ4n) is 1.39. The molecule has 4 nitrogen and oxygen atoms in total. The van der Waals surface area contributed by atoms with Gasteiger partial charge in [0.1, 0.15) is 6.10 Å². The normalized spacial score (nSPS) is 44.7. The van der Waals surface area contributed by atoms with Gasteiger partial charge in [-0.15, -0.1) is 0 Å². The Morgan fingerprint density at radius 2 is 2.00 bits per heavy atom. The molecule has 1 fully saturated rings. The Morgan fingerprint density at radius 1 is 1.36 bits per heavy atom. The largest absolute Gasteiger partial charge is 0.396 e. The summed E-state index contributed by atoms with van der Waals surface area (Å²) in [7, 11) is 2.05. The van der Waals surface area contributed by atoms with Gasteiger partial charge in [0.25, 0.3) is 0 Å². The number of rotatable bonds is 2. The third kappa shape index (κ3) is 1.71. The molecule has 3 unspecified atom stereocenters. The van der Waals surface area contributed by atoms with Crippen molar-refractivity contribution in [3.8, 4) is 0 Å². The topological polar surface area (TPSA) is 69.9 Å². The van der Waals surface area contributed by atoms with Gasteiger partial charge in [0, 0.05) is 22.0 Å². The Morgan fingerprint density at radius 3 is 2.27 bits per heavy atom. The average Bonchev–Trinajstić information content (AvgIpc) is 2.30. The van der Waals surface area contributed by atoms with Crippen LogP contribution in [0, 0.1) is 5.92 Å². The summed E-state index contributed by atoms with van der Waals surface area (Å²) in [6.45, 7) is -0.108. The lowest BCUT2D eigenvalue weighted by atomic mass is 10.1. The molecule has 1 aliphatic rings. The summed E-state index contributed by atoms with van der Waals surface area (Å²) in [6.07, 6.45) is -1.59. The van der Waals surface area contributed by atoms with Crippen molar-refractivity contribution in [1.29, 1.82) is 0 Å². The smallest absolute Gasteiger partial charge is 0.107 e. The molecule has 0 amide bonds. The van der Waals surface area contributed by atoms with Crippen LogP contribution in [0.3, 0.4) is 0 Å². The maximum Gasteiger partial charge on any atom is 0.107 e. The summed E-state index contributed by atoms with van der Waals surface area (Å²) >= 11 is 0. The van der Waals surface area contributed by atoms with Crippen LogP contribution in [-0.2, 0) is 4.52 Å². The number of hydrogen-bond donors (Lipinski definition) is 3. The van der Waals surface area contributed by atoms with E-state index in [1.165, 1.54) is 0 Å². The third-order valence-electron chi connectivity index (χ3n) is 2.16. The van der Waals surface area contributed by atoms with Crippen LogP contribution in [0.5, 0.6) is 0 Å². The Bertz CT molecular complexity index is 114. The molecule has 0 saturated heterocycles. The molecule has 0 aromatic rings. The van der Waals surface area contributed by atoms with E-state index in [2.05, 4.69) is 0 Å². The molecule has 5 atom stereocenters. The molecule has 1 rings (SSSR count). The maximum absolute atomic E-state index is 9.26. The van der Waals surface area contributed by atoms with Crippen molar-refractivity contribution < 1.29 is 19.8 Å². The van der Waals surface area contributed by atoms with E-state index in [1.807, 2.05) is 9.47 Å². The van der Waals surface area contributed by atoms with Gasteiger partial charge in [-0.3, -0.25) is 0 Å². The number of aliphatic hydroxyl groups excluding tert-OH is 3. The Labute approximate surface area is 67.5 Å². The summed E-state index contributed by atoms with van der Waals surface area (Å²) in [6, 6.07) is 0. The van der Waals surface area contributed by atoms with Gasteiger partial charge in [0.15, 0.2) is 0 Å². The molecule has 0 bridgehead atoms. The summed E-state index contributed by atoms with van der Waals surface area (Å²) in [5, 5.41) is 27.3. The van der Waals surface area contributed by atoms with E-state index < -0.39 is 12.2 Å². The zero-order chi connectivity index (χ0) is 8.43. The second-order valence-corrected chi connectivity index (χ2v) is 3.11. The fraction of sp³-hybridized carbons (Fsp3) is 1.00. The van der Waals surface area contributed by atoms with Gasteiger partial charge < -0.3 is 19.8 Å². The first kappa shape index (κ1) is 9.36. The minimum atomic E-state index is -0.871. The van der Waals surface area contributed by atoms with Crippen molar-refractivity contribution in [2.75, 3.05) is 6.61 Å². The molecule has 0 spiro atoms. The molecule has 1 saturated carbocycles. The van der Waals surface area contributed by atoms with E-state index in [9.17, 15) is 10.2 Å². The van der Waals surface area contributed by atoms with Crippen LogP contribution in [0.4, 0.5) is 0 Å². The van der Waals surface area contributed by atoms with Crippen molar-refractivity contribution in [1.82, 2.24) is 0 Å². The quantitative estimate of drug-likeness (QED) is 0.471. The van der Waals surface area contributed by atoms with E-state index in [-0.39, 0.29) is 18.6 Å². The van der Waals surface area contributed by atoms with Gasteiger partial charge in [-0.1, -0.05) is 0 Å². The molecule has 0 aliphatic heterocycles. The van der Waals surface area contributed by atoms with Crippen molar-refractivity contribution in [3.05, 3.63) is 0 Å². The summed E-state index contributed by atoms with van der Waals surface area (Å²) < 4.78 is 4.82. The van der Waals surface area contributed by atoms with Crippen LogP contribution in [0.2, 0.25) is 0 Å². The first-order valence-electron chi connectivity index (χ1n) is 3.53. The van der Waals surface area contributed by atoms with Gasteiger partial charge in [-0.05, 0) is 6.42 Å². The van der Waals surface area contributed by atoms with Gasteiger partial charge in [0.2, 0.25) is 0 Å². The molecule has 5 heteroatoms. The Kier molecular flexibility index (Phi) is 3.22. The van der Waals surface area contributed by atoms with Crippen molar-refractivity contribution in [3.63, 3.8) is 0 Å². The molecule has 0 heterocycles. The van der Waals surface area contributed by atoms with Crippen molar-refractivity contribution in [2.45, 2.75) is 24.7 Å². The van der Waals surface area contributed by atoms with Crippen molar-refractivity contribution >= 4 is 9.47 Å². The van der Waals surface area contributed by atoms with Gasteiger partial charge in [0.05, 0.1) is 12.2 Å². The van der Waals surface area contributed by atoms with Crippen LogP contribution in [0.15, 0.2) is 0 Å². The third-order valence-corrected chi connectivity index (χ3v) is 2.51. The van der Waals surface area contributed by atoms with E-state index in [0.29, 0.717) is 6.42 Å². The molecule has 0 radical (unpaired) electrons.